The molecule has 1 aliphatic rings. The fourth-order valence-corrected chi connectivity index (χ4v) is 3.64. The SMILES string of the molecule is CC1CC(NC(=O)c2csc(-c3cccc(Cl)c3)n2)CCN1.Cl.Cl. The van der Waals surface area contributed by atoms with Gasteiger partial charge in [-0.25, -0.2) is 4.98 Å². The molecule has 0 aliphatic carbocycles. The summed E-state index contributed by atoms with van der Waals surface area (Å²) in [6, 6.07) is 8.17. The van der Waals surface area contributed by atoms with Crippen molar-refractivity contribution in [3.63, 3.8) is 0 Å². The molecular weight excluding hydrogens is 389 g/mol. The molecule has 1 amide bonds. The van der Waals surface area contributed by atoms with Crippen LogP contribution in [0.2, 0.25) is 5.02 Å². The highest BCUT2D eigenvalue weighted by molar-refractivity contribution is 7.13. The smallest absolute Gasteiger partial charge is 0.270 e. The Hall–Kier alpha value is -0.850. The van der Waals surface area contributed by atoms with Crippen molar-refractivity contribution in [2.75, 3.05) is 6.54 Å². The number of piperidine rings is 1. The summed E-state index contributed by atoms with van der Waals surface area (Å²) in [7, 11) is 0. The molecule has 2 aromatic rings. The first-order valence-corrected chi connectivity index (χ1v) is 8.63. The van der Waals surface area contributed by atoms with E-state index < -0.39 is 0 Å². The van der Waals surface area contributed by atoms with Crippen LogP contribution in [0.5, 0.6) is 0 Å². The van der Waals surface area contributed by atoms with Crippen LogP contribution in [0, 0.1) is 0 Å². The van der Waals surface area contributed by atoms with E-state index in [0.717, 1.165) is 30.0 Å². The molecule has 2 heterocycles. The van der Waals surface area contributed by atoms with E-state index >= 15 is 0 Å². The molecule has 1 aliphatic heterocycles. The summed E-state index contributed by atoms with van der Waals surface area (Å²) >= 11 is 7.46. The van der Waals surface area contributed by atoms with E-state index in [4.69, 9.17) is 11.6 Å². The molecule has 2 atom stereocenters. The van der Waals surface area contributed by atoms with Gasteiger partial charge in [-0.05, 0) is 38.4 Å². The fourth-order valence-electron chi connectivity index (χ4n) is 2.65. The average molecular weight is 409 g/mol. The van der Waals surface area contributed by atoms with E-state index in [9.17, 15) is 4.79 Å². The van der Waals surface area contributed by atoms with Crippen molar-refractivity contribution in [2.24, 2.45) is 0 Å². The first-order chi connectivity index (χ1) is 10.6. The number of aromatic nitrogens is 1. The summed E-state index contributed by atoms with van der Waals surface area (Å²) in [5.74, 6) is -0.0939. The van der Waals surface area contributed by atoms with Crippen molar-refractivity contribution in [3.05, 3.63) is 40.4 Å². The maximum atomic E-state index is 12.3. The Morgan fingerprint density at radius 2 is 2.21 bits per heavy atom. The molecule has 1 fully saturated rings. The maximum absolute atomic E-state index is 12.3. The van der Waals surface area contributed by atoms with Crippen LogP contribution in [0.15, 0.2) is 29.6 Å². The van der Waals surface area contributed by atoms with Gasteiger partial charge in [0.25, 0.3) is 5.91 Å². The molecule has 2 unspecified atom stereocenters. The summed E-state index contributed by atoms with van der Waals surface area (Å²) in [4.78, 5) is 16.8. The number of hydrogen-bond acceptors (Lipinski definition) is 4. The minimum absolute atomic E-state index is 0. The molecule has 1 saturated heterocycles. The van der Waals surface area contributed by atoms with Crippen LogP contribution < -0.4 is 10.6 Å². The van der Waals surface area contributed by atoms with Gasteiger partial charge in [0.1, 0.15) is 10.7 Å². The Labute approximate surface area is 163 Å². The van der Waals surface area contributed by atoms with E-state index in [1.54, 1.807) is 5.38 Å². The number of hydrogen-bond donors (Lipinski definition) is 2. The minimum atomic E-state index is -0.0939. The van der Waals surface area contributed by atoms with Gasteiger partial charge in [-0.2, -0.15) is 0 Å². The molecule has 1 aromatic heterocycles. The second kappa shape index (κ2) is 9.59. The quantitative estimate of drug-likeness (QED) is 0.801. The Morgan fingerprint density at radius 1 is 1.42 bits per heavy atom. The number of nitrogens with zero attached hydrogens (tertiary/aromatic N) is 1. The van der Waals surface area contributed by atoms with Crippen molar-refractivity contribution in [3.8, 4) is 10.6 Å². The number of carbonyl (C=O) groups is 1. The fraction of sp³-hybridized carbons (Fsp3) is 0.375. The molecule has 0 bridgehead atoms. The summed E-state index contributed by atoms with van der Waals surface area (Å²) in [5, 5.41) is 9.74. The standard InChI is InChI=1S/C16H18ClN3OS.2ClH/c1-10-7-13(5-6-18-10)19-15(21)14-9-22-16(20-14)11-3-2-4-12(17)8-11;;/h2-4,8-10,13,18H,5-7H2,1H3,(H,19,21);2*1H. The zero-order valence-electron chi connectivity index (χ0n) is 13.1. The van der Waals surface area contributed by atoms with Crippen LogP contribution in [0.1, 0.15) is 30.3 Å². The van der Waals surface area contributed by atoms with Crippen molar-refractivity contribution < 1.29 is 4.79 Å². The van der Waals surface area contributed by atoms with Gasteiger partial charge in [0.05, 0.1) is 0 Å². The highest BCUT2D eigenvalue weighted by Gasteiger charge is 2.21. The van der Waals surface area contributed by atoms with Crippen LogP contribution in [0.25, 0.3) is 10.6 Å². The molecular formula is C16H20Cl3N3OS. The van der Waals surface area contributed by atoms with Crippen LogP contribution in [-0.2, 0) is 0 Å². The summed E-state index contributed by atoms with van der Waals surface area (Å²) in [6.45, 7) is 3.08. The highest BCUT2D eigenvalue weighted by atomic mass is 35.5. The lowest BCUT2D eigenvalue weighted by molar-refractivity contribution is 0.0921. The molecule has 8 heteroatoms. The number of rotatable bonds is 3. The number of nitrogens with one attached hydrogen (secondary N) is 2. The zero-order valence-corrected chi connectivity index (χ0v) is 16.3. The average Bonchev–Trinajstić information content (AvgIpc) is 2.97. The van der Waals surface area contributed by atoms with E-state index in [-0.39, 0.29) is 36.8 Å². The molecule has 1 aromatic carbocycles. The van der Waals surface area contributed by atoms with Gasteiger partial charge in [0.2, 0.25) is 0 Å². The van der Waals surface area contributed by atoms with E-state index in [1.807, 2.05) is 24.3 Å². The predicted octanol–water partition coefficient (Wildman–Crippen LogP) is 4.18. The third-order valence-corrected chi connectivity index (χ3v) is 4.89. The van der Waals surface area contributed by atoms with Gasteiger partial charge >= 0.3 is 0 Å². The summed E-state index contributed by atoms with van der Waals surface area (Å²) in [6.07, 6.45) is 1.92. The van der Waals surface area contributed by atoms with E-state index in [1.165, 1.54) is 11.3 Å². The normalized spacial score (nSPS) is 19.8. The van der Waals surface area contributed by atoms with Gasteiger partial charge in [-0.1, -0.05) is 23.7 Å². The molecule has 0 saturated carbocycles. The minimum Gasteiger partial charge on any atom is -0.348 e. The lowest BCUT2D eigenvalue weighted by Crippen LogP contribution is -2.46. The molecule has 132 valence electrons. The molecule has 3 rings (SSSR count). The van der Waals surface area contributed by atoms with Crippen LogP contribution in [-0.4, -0.2) is 29.5 Å². The zero-order chi connectivity index (χ0) is 15.5. The number of amides is 1. The first-order valence-electron chi connectivity index (χ1n) is 7.37. The third kappa shape index (κ3) is 5.33. The molecule has 0 spiro atoms. The van der Waals surface area contributed by atoms with E-state index in [2.05, 4.69) is 22.5 Å². The molecule has 4 nitrogen and oxygen atoms in total. The topological polar surface area (TPSA) is 54.0 Å². The van der Waals surface area contributed by atoms with Gasteiger partial charge < -0.3 is 10.6 Å². The Morgan fingerprint density at radius 3 is 2.92 bits per heavy atom. The molecule has 0 radical (unpaired) electrons. The number of benzene rings is 1. The van der Waals surface area contributed by atoms with Crippen LogP contribution in [0.4, 0.5) is 0 Å². The number of carbonyl (C=O) groups excluding carboxylic acids is 1. The van der Waals surface area contributed by atoms with Crippen LogP contribution >= 0.6 is 47.8 Å². The first kappa shape index (κ1) is 21.2. The lowest BCUT2D eigenvalue weighted by atomic mass is 10.0. The summed E-state index contributed by atoms with van der Waals surface area (Å²) in [5.41, 5.74) is 1.41. The molecule has 24 heavy (non-hydrogen) atoms. The van der Waals surface area contributed by atoms with Crippen LogP contribution in [0.3, 0.4) is 0 Å². The summed E-state index contributed by atoms with van der Waals surface area (Å²) < 4.78 is 0. The Kier molecular flexibility index (Phi) is 8.46. The van der Waals surface area contributed by atoms with Crippen molar-refractivity contribution >= 4 is 53.7 Å². The van der Waals surface area contributed by atoms with Gasteiger partial charge in [0.15, 0.2) is 0 Å². The Bertz CT molecular complexity index is 680. The lowest BCUT2D eigenvalue weighted by Gasteiger charge is -2.28. The highest BCUT2D eigenvalue weighted by Crippen LogP contribution is 2.26. The third-order valence-electron chi connectivity index (χ3n) is 3.77. The monoisotopic (exact) mass is 407 g/mol. The molecule has 2 N–H and O–H groups in total. The second-order valence-electron chi connectivity index (χ2n) is 5.60. The van der Waals surface area contributed by atoms with Gasteiger partial charge in [-0.15, -0.1) is 36.2 Å². The van der Waals surface area contributed by atoms with Crippen molar-refractivity contribution in [1.82, 2.24) is 15.6 Å². The predicted molar refractivity (Wildman–Crippen MR) is 105 cm³/mol. The van der Waals surface area contributed by atoms with E-state index in [0.29, 0.717) is 16.8 Å². The van der Waals surface area contributed by atoms with Gasteiger partial charge in [-0.3, -0.25) is 4.79 Å². The van der Waals surface area contributed by atoms with Crippen molar-refractivity contribution in [1.29, 1.82) is 0 Å². The Balaban J connectivity index is 0.00000144. The van der Waals surface area contributed by atoms with Gasteiger partial charge in [0, 0.05) is 28.0 Å². The second-order valence-corrected chi connectivity index (χ2v) is 6.89. The number of thiazole rings is 1. The van der Waals surface area contributed by atoms with Crippen molar-refractivity contribution in [2.45, 2.75) is 31.8 Å². The number of halogens is 3. The maximum Gasteiger partial charge on any atom is 0.270 e. The largest absolute Gasteiger partial charge is 0.348 e.